The third-order valence-electron chi connectivity index (χ3n) is 2.95. The van der Waals surface area contributed by atoms with Crippen LogP contribution in [0.4, 0.5) is 4.79 Å². The Morgan fingerprint density at radius 2 is 1.69 bits per heavy atom. The molecule has 0 saturated heterocycles. The third-order valence-corrected chi connectivity index (χ3v) is 2.95. The molecule has 0 aromatic carbocycles. The van der Waals surface area contributed by atoms with Crippen molar-refractivity contribution in [1.82, 2.24) is 10.2 Å². The molecule has 0 aromatic heterocycles. The fourth-order valence-electron chi connectivity index (χ4n) is 1.19. The molecule has 1 unspecified atom stereocenters. The van der Waals surface area contributed by atoms with Crippen molar-refractivity contribution in [1.29, 1.82) is 0 Å². The van der Waals surface area contributed by atoms with E-state index in [1.54, 1.807) is 11.9 Å². The summed E-state index contributed by atoms with van der Waals surface area (Å²) in [7, 11) is 3.65. The molecule has 4 heteroatoms. The summed E-state index contributed by atoms with van der Waals surface area (Å²) in [6.07, 6.45) is -0.289. The number of amides is 1. The molecule has 4 nitrogen and oxygen atoms in total. The van der Waals surface area contributed by atoms with Crippen molar-refractivity contribution in [3.8, 4) is 0 Å². The van der Waals surface area contributed by atoms with E-state index in [0.29, 0.717) is 0 Å². The van der Waals surface area contributed by atoms with Crippen molar-refractivity contribution in [3.05, 3.63) is 0 Å². The predicted molar refractivity (Wildman–Crippen MR) is 66.6 cm³/mol. The SMILES string of the molecule is CNC(C)(C)C(C)N(C)C(=O)OC(C)(C)C. The van der Waals surface area contributed by atoms with Gasteiger partial charge in [-0.1, -0.05) is 0 Å². The van der Waals surface area contributed by atoms with Gasteiger partial charge in [0.05, 0.1) is 0 Å². The number of hydrogen-bond donors (Lipinski definition) is 1. The topological polar surface area (TPSA) is 41.6 Å². The van der Waals surface area contributed by atoms with Crippen molar-refractivity contribution >= 4 is 6.09 Å². The maximum atomic E-state index is 11.8. The van der Waals surface area contributed by atoms with Crippen LogP contribution in [-0.2, 0) is 4.74 Å². The second-order valence-corrected chi connectivity index (χ2v) is 5.74. The first-order chi connectivity index (χ1) is 7.01. The van der Waals surface area contributed by atoms with Gasteiger partial charge in [0.15, 0.2) is 0 Å². The zero-order chi connectivity index (χ0) is 13.1. The minimum Gasteiger partial charge on any atom is -0.444 e. The Morgan fingerprint density at radius 1 is 1.25 bits per heavy atom. The van der Waals surface area contributed by atoms with Crippen molar-refractivity contribution in [2.45, 2.75) is 58.7 Å². The maximum Gasteiger partial charge on any atom is 0.410 e. The molecule has 0 bridgehead atoms. The number of likely N-dealkylation sites (N-methyl/N-ethyl adjacent to an activating group) is 2. The van der Waals surface area contributed by atoms with Crippen LogP contribution in [0, 0.1) is 0 Å². The van der Waals surface area contributed by atoms with Crippen LogP contribution >= 0.6 is 0 Å². The van der Waals surface area contributed by atoms with E-state index in [0.717, 1.165) is 0 Å². The number of nitrogens with one attached hydrogen (secondary N) is 1. The number of carbonyl (C=O) groups excluding carboxylic acids is 1. The molecule has 0 radical (unpaired) electrons. The first-order valence-electron chi connectivity index (χ1n) is 5.66. The lowest BCUT2D eigenvalue weighted by Crippen LogP contribution is -2.55. The molecule has 0 heterocycles. The van der Waals surface area contributed by atoms with Gasteiger partial charge >= 0.3 is 6.09 Å². The lowest BCUT2D eigenvalue weighted by molar-refractivity contribution is 0.0160. The van der Waals surface area contributed by atoms with E-state index >= 15 is 0 Å². The monoisotopic (exact) mass is 230 g/mol. The van der Waals surface area contributed by atoms with Gasteiger partial charge in [-0.2, -0.15) is 0 Å². The average molecular weight is 230 g/mol. The van der Waals surface area contributed by atoms with Gasteiger partial charge in [-0.15, -0.1) is 0 Å². The molecule has 0 fully saturated rings. The van der Waals surface area contributed by atoms with Gasteiger partial charge < -0.3 is 15.0 Å². The highest BCUT2D eigenvalue weighted by Gasteiger charge is 2.31. The van der Waals surface area contributed by atoms with Crippen molar-refractivity contribution in [2.75, 3.05) is 14.1 Å². The van der Waals surface area contributed by atoms with Gasteiger partial charge in [-0.3, -0.25) is 0 Å². The van der Waals surface area contributed by atoms with Crippen molar-refractivity contribution < 1.29 is 9.53 Å². The minimum atomic E-state index is -0.450. The van der Waals surface area contributed by atoms with E-state index in [2.05, 4.69) is 19.2 Å². The third kappa shape index (κ3) is 4.39. The van der Waals surface area contributed by atoms with Crippen LogP contribution in [-0.4, -0.2) is 42.3 Å². The molecule has 1 N–H and O–H groups in total. The molecule has 0 saturated carbocycles. The zero-order valence-electron chi connectivity index (χ0n) is 11.8. The molecule has 0 aliphatic heterocycles. The number of carbonyl (C=O) groups is 1. The summed E-state index contributed by atoms with van der Waals surface area (Å²) in [4.78, 5) is 13.5. The molecule has 16 heavy (non-hydrogen) atoms. The van der Waals surface area contributed by atoms with Crippen molar-refractivity contribution in [2.24, 2.45) is 0 Å². The number of ether oxygens (including phenoxy) is 1. The first kappa shape index (κ1) is 15.2. The maximum absolute atomic E-state index is 11.8. The average Bonchev–Trinajstić information content (AvgIpc) is 2.12. The smallest absolute Gasteiger partial charge is 0.410 e. The van der Waals surface area contributed by atoms with Crippen LogP contribution in [0.1, 0.15) is 41.5 Å². The summed E-state index contributed by atoms with van der Waals surface area (Å²) >= 11 is 0. The van der Waals surface area contributed by atoms with Crippen LogP contribution in [0.15, 0.2) is 0 Å². The quantitative estimate of drug-likeness (QED) is 0.808. The highest BCUT2D eigenvalue weighted by Crippen LogP contribution is 2.17. The standard InChI is InChI=1S/C12H26N2O2/c1-9(12(5,6)13-7)14(8)10(15)16-11(2,3)4/h9,13H,1-8H3. The van der Waals surface area contributed by atoms with Gasteiger partial charge in [-0.05, 0) is 48.6 Å². The minimum absolute atomic E-state index is 0.0485. The molecule has 1 amide bonds. The molecule has 0 rings (SSSR count). The molecular formula is C12H26N2O2. The second-order valence-electron chi connectivity index (χ2n) is 5.74. The fourth-order valence-corrected chi connectivity index (χ4v) is 1.19. The Balaban J connectivity index is 4.56. The van der Waals surface area contributed by atoms with Crippen LogP contribution in [0.25, 0.3) is 0 Å². The molecule has 0 aliphatic rings. The summed E-state index contributed by atoms with van der Waals surface area (Å²) < 4.78 is 5.32. The molecule has 96 valence electrons. The molecule has 1 atom stereocenters. The zero-order valence-corrected chi connectivity index (χ0v) is 11.8. The fraction of sp³-hybridized carbons (Fsp3) is 0.917. The normalized spacial score (nSPS) is 14.5. The van der Waals surface area contributed by atoms with Gasteiger partial charge in [0.2, 0.25) is 0 Å². The summed E-state index contributed by atoms with van der Waals surface area (Å²) in [6.45, 7) is 11.7. The number of nitrogens with zero attached hydrogens (tertiary/aromatic N) is 1. The van der Waals surface area contributed by atoms with Gasteiger partial charge in [0.1, 0.15) is 5.60 Å². The van der Waals surface area contributed by atoms with Gasteiger partial charge in [-0.25, -0.2) is 4.79 Å². The Labute approximate surface area is 99.3 Å². The molecule has 0 aliphatic carbocycles. The van der Waals surface area contributed by atoms with Crippen LogP contribution in [0.3, 0.4) is 0 Å². The Kier molecular flexibility index (Phi) is 4.80. The summed E-state index contributed by atoms with van der Waals surface area (Å²) in [5, 5.41) is 3.19. The van der Waals surface area contributed by atoms with E-state index in [4.69, 9.17) is 4.74 Å². The molecular weight excluding hydrogens is 204 g/mol. The molecule has 0 spiro atoms. The predicted octanol–water partition coefficient (Wildman–Crippen LogP) is 2.24. The summed E-state index contributed by atoms with van der Waals surface area (Å²) in [6, 6.07) is 0.0485. The van der Waals surface area contributed by atoms with Crippen LogP contribution in [0.5, 0.6) is 0 Å². The Morgan fingerprint density at radius 3 is 2.00 bits per heavy atom. The van der Waals surface area contributed by atoms with Crippen LogP contribution in [0.2, 0.25) is 0 Å². The Bertz CT molecular complexity index is 244. The second kappa shape index (κ2) is 5.04. The largest absolute Gasteiger partial charge is 0.444 e. The summed E-state index contributed by atoms with van der Waals surface area (Å²) in [5.74, 6) is 0. The van der Waals surface area contributed by atoms with Crippen LogP contribution < -0.4 is 5.32 Å². The van der Waals surface area contributed by atoms with Crippen molar-refractivity contribution in [3.63, 3.8) is 0 Å². The number of hydrogen-bond acceptors (Lipinski definition) is 3. The van der Waals surface area contributed by atoms with E-state index in [1.165, 1.54) is 0 Å². The van der Waals surface area contributed by atoms with E-state index < -0.39 is 5.60 Å². The van der Waals surface area contributed by atoms with Gasteiger partial charge in [0, 0.05) is 18.6 Å². The van der Waals surface area contributed by atoms with E-state index in [-0.39, 0.29) is 17.7 Å². The molecule has 0 aromatic rings. The van der Waals surface area contributed by atoms with E-state index in [9.17, 15) is 4.79 Å². The number of rotatable bonds is 3. The highest BCUT2D eigenvalue weighted by atomic mass is 16.6. The first-order valence-corrected chi connectivity index (χ1v) is 5.66. The van der Waals surface area contributed by atoms with E-state index in [1.807, 2.05) is 34.7 Å². The lowest BCUT2D eigenvalue weighted by Gasteiger charge is -2.38. The Hall–Kier alpha value is -0.770. The van der Waals surface area contributed by atoms with Gasteiger partial charge in [0.25, 0.3) is 0 Å². The highest BCUT2D eigenvalue weighted by molar-refractivity contribution is 5.68. The summed E-state index contributed by atoms with van der Waals surface area (Å²) in [5.41, 5.74) is -0.597. The lowest BCUT2D eigenvalue weighted by atomic mass is 9.95.